The van der Waals surface area contributed by atoms with Gasteiger partial charge in [-0.2, -0.15) is 0 Å². The molecule has 2 N–H and O–H groups in total. The average Bonchev–Trinajstić information content (AvgIpc) is 2.91. The van der Waals surface area contributed by atoms with Gasteiger partial charge in [-0.1, -0.05) is 25.1 Å². The van der Waals surface area contributed by atoms with Crippen LogP contribution >= 0.6 is 0 Å². The van der Waals surface area contributed by atoms with Gasteiger partial charge in [-0.05, 0) is 106 Å². The SMILES string of the molecule is CCc1ccc2cc1CN(C)CCCNC(=O)C1CCN(CC1)Cc1cc(C)cc(c1)Nc1nccc-2n1. The van der Waals surface area contributed by atoms with E-state index in [4.69, 9.17) is 4.98 Å². The van der Waals surface area contributed by atoms with Crippen LogP contribution in [-0.2, 0) is 24.3 Å². The Kier molecular flexibility index (Phi) is 8.35. The highest BCUT2D eigenvalue weighted by Gasteiger charge is 2.25. The zero-order chi connectivity index (χ0) is 26.5. The number of hydrogen-bond acceptors (Lipinski definition) is 6. The summed E-state index contributed by atoms with van der Waals surface area (Å²) < 4.78 is 0. The summed E-state index contributed by atoms with van der Waals surface area (Å²) in [6.07, 6.45) is 5.60. The first-order chi connectivity index (χ1) is 18.5. The summed E-state index contributed by atoms with van der Waals surface area (Å²) in [5.41, 5.74) is 8.15. The lowest BCUT2D eigenvalue weighted by atomic mass is 9.95. The standard InChI is InChI=1S/C31H40N6O/c1-4-24-6-7-26-19-27(24)21-36(3)13-5-11-32-30(38)25-9-14-37(15-10-25)20-23-16-22(2)17-28(18-23)34-31-33-12-8-29(26)35-31/h6-8,12,16-19,25H,4-5,9-11,13-15,20-21H2,1-3H3,(H,32,38)(H,33,34,35). The van der Waals surface area contributed by atoms with Crippen molar-refractivity contribution in [2.24, 2.45) is 5.92 Å². The van der Waals surface area contributed by atoms with E-state index in [0.717, 1.165) is 81.9 Å². The molecule has 1 amide bonds. The van der Waals surface area contributed by atoms with Gasteiger partial charge in [0.05, 0.1) is 5.69 Å². The molecule has 0 atom stereocenters. The van der Waals surface area contributed by atoms with Gasteiger partial charge in [0.25, 0.3) is 0 Å². The monoisotopic (exact) mass is 512 g/mol. The summed E-state index contributed by atoms with van der Waals surface area (Å²) in [5, 5.41) is 6.65. The number of fused-ring (bicyclic) bond motifs is 8. The molecule has 6 rings (SSSR count). The molecule has 0 aliphatic carbocycles. The predicted molar refractivity (Wildman–Crippen MR) is 153 cm³/mol. The fourth-order valence-electron chi connectivity index (χ4n) is 5.70. The molecule has 0 radical (unpaired) electrons. The Hall–Kier alpha value is -3.29. The molecule has 7 heteroatoms. The molecular formula is C31H40N6O. The highest BCUT2D eigenvalue weighted by molar-refractivity contribution is 5.78. The first kappa shape index (κ1) is 26.3. The molecule has 3 aromatic rings. The number of carbonyl (C=O) groups excluding carboxylic acids is 1. The quantitative estimate of drug-likeness (QED) is 0.482. The van der Waals surface area contributed by atoms with E-state index in [1.165, 1.54) is 22.3 Å². The van der Waals surface area contributed by atoms with E-state index in [0.29, 0.717) is 5.95 Å². The first-order valence-corrected chi connectivity index (χ1v) is 14.0. The summed E-state index contributed by atoms with van der Waals surface area (Å²) in [6, 6.07) is 15.2. The summed E-state index contributed by atoms with van der Waals surface area (Å²) >= 11 is 0. The van der Waals surface area contributed by atoms with Crippen molar-refractivity contribution in [3.8, 4) is 11.3 Å². The van der Waals surface area contributed by atoms with Crippen molar-refractivity contribution >= 4 is 17.5 Å². The summed E-state index contributed by atoms with van der Waals surface area (Å²) in [7, 11) is 2.16. The van der Waals surface area contributed by atoms with E-state index < -0.39 is 0 Å². The van der Waals surface area contributed by atoms with Crippen molar-refractivity contribution in [2.75, 3.05) is 38.5 Å². The van der Waals surface area contributed by atoms with Crippen LogP contribution in [0.1, 0.15) is 48.4 Å². The number of benzene rings is 2. The number of carbonyl (C=O) groups is 1. The summed E-state index contributed by atoms with van der Waals surface area (Å²) in [5.74, 6) is 0.945. The fourth-order valence-corrected chi connectivity index (χ4v) is 5.70. The van der Waals surface area contributed by atoms with Crippen LogP contribution in [0, 0.1) is 12.8 Å². The Bertz CT molecular complexity index is 1270. The molecule has 8 bridgehead atoms. The summed E-state index contributed by atoms with van der Waals surface area (Å²) in [6.45, 7) is 9.63. The van der Waals surface area contributed by atoms with Crippen LogP contribution in [0.3, 0.4) is 0 Å². The van der Waals surface area contributed by atoms with Crippen LogP contribution in [0.5, 0.6) is 0 Å². The topological polar surface area (TPSA) is 73.4 Å². The van der Waals surface area contributed by atoms with E-state index >= 15 is 0 Å². The maximum Gasteiger partial charge on any atom is 0.227 e. The average molecular weight is 513 g/mol. The smallest absolute Gasteiger partial charge is 0.227 e. The van der Waals surface area contributed by atoms with Gasteiger partial charge in [0.15, 0.2) is 0 Å². The van der Waals surface area contributed by atoms with E-state index in [1.54, 1.807) is 0 Å². The molecule has 0 unspecified atom stereocenters. The molecule has 3 aliphatic heterocycles. The minimum atomic E-state index is 0.121. The van der Waals surface area contributed by atoms with E-state index in [9.17, 15) is 4.79 Å². The second-order valence-electron chi connectivity index (χ2n) is 10.9. The molecule has 0 saturated carbocycles. The lowest BCUT2D eigenvalue weighted by Crippen LogP contribution is -2.40. The second kappa shape index (κ2) is 12.0. The molecule has 4 heterocycles. The van der Waals surface area contributed by atoms with Crippen molar-refractivity contribution in [3.05, 3.63) is 70.9 Å². The van der Waals surface area contributed by atoms with Gasteiger partial charge in [0, 0.05) is 43.0 Å². The molecule has 1 aromatic heterocycles. The van der Waals surface area contributed by atoms with Crippen LogP contribution in [0.4, 0.5) is 11.6 Å². The van der Waals surface area contributed by atoms with Gasteiger partial charge in [-0.25, -0.2) is 9.97 Å². The number of aromatic nitrogens is 2. The molecule has 7 nitrogen and oxygen atoms in total. The minimum Gasteiger partial charge on any atom is -0.356 e. The van der Waals surface area contributed by atoms with Gasteiger partial charge in [-0.15, -0.1) is 0 Å². The van der Waals surface area contributed by atoms with Crippen LogP contribution < -0.4 is 10.6 Å². The van der Waals surface area contributed by atoms with E-state index in [1.807, 2.05) is 12.3 Å². The third kappa shape index (κ3) is 6.58. The van der Waals surface area contributed by atoms with E-state index in [2.05, 4.69) is 82.7 Å². The lowest BCUT2D eigenvalue weighted by Gasteiger charge is -2.31. The number of hydrogen-bond donors (Lipinski definition) is 2. The largest absolute Gasteiger partial charge is 0.356 e. The highest BCUT2D eigenvalue weighted by atomic mass is 16.1. The summed E-state index contributed by atoms with van der Waals surface area (Å²) in [4.78, 5) is 27.0. The molecular weight excluding hydrogens is 472 g/mol. The molecule has 200 valence electrons. The minimum absolute atomic E-state index is 0.121. The van der Waals surface area contributed by atoms with Gasteiger partial charge < -0.3 is 15.5 Å². The Labute approximate surface area is 226 Å². The van der Waals surface area contributed by atoms with Crippen LogP contribution in [0.2, 0.25) is 0 Å². The number of nitrogens with zero attached hydrogens (tertiary/aromatic N) is 4. The maximum atomic E-state index is 12.8. The Morgan fingerprint density at radius 3 is 2.68 bits per heavy atom. The van der Waals surface area contributed by atoms with Gasteiger partial charge in [0.2, 0.25) is 11.9 Å². The lowest BCUT2D eigenvalue weighted by molar-refractivity contribution is -0.126. The number of anilines is 2. The van der Waals surface area contributed by atoms with Crippen LogP contribution in [0.15, 0.2) is 48.7 Å². The van der Waals surface area contributed by atoms with Gasteiger partial charge in [-0.3, -0.25) is 9.69 Å². The van der Waals surface area contributed by atoms with Gasteiger partial charge in [0.1, 0.15) is 0 Å². The molecule has 1 fully saturated rings. The number of piperidine rings is 1. The van der Waals surface area contributed by atoms with Crippen LogP contribution in [-0.4, -0.2) is 58.9 Å². The highest BCUT2D eigenvalue weighted by Crippen LogP contribution is 2.26. The Balaban J connectivity index is 1.45. The number of rotatable bonds is 1. The van der Waals surface area contributed by atoms with Crippen molar-refractivity contribution in [1.29, 1.82) is 0 Å². The number of amides is 1. The van der Waals surface area contributed by atoms with Gasteiger partial charge >= 0.3 is 0 Å². The van der Waals surface area contributed by atoms with Crippen molar-refractivity contribution in [1.82, 2.24) is 25.1 Å². The zero-order valence-electron chi connectivity index (χ0n) is 23.0. The Morgan fingerprint density at radius 1 is 1.03 bits per heavy atom. The Morgan fingerprint density at radius 2 is 1.87 bits per heavy atom. The molecule has 38 heavy (non-hydrogen) atoms. The first-order valence-electron chi connectivity index (χ1n) is 14.0. The normalized spacial score (nSPS) is 21.1. The molecule has 1 saturated heterocycles. The molecule has 0 spiro atoms. The zero-order valence-corrected chi connectivity index (χ0v) is 23.0. The maximum absolute atomic E-state index is 12.8. The molecule has 2 aromatic carbocycles. The molecule has 3 aliphatic rings. The van der Waals surface area contributed by atoms with Crippen molar-refractivity contribution in [3.63, 3.8) is 0 Å². The third-order valence-corrected chi connectivity index (χ3v) is 7.75. The van der Waals surface area contributed by atoms with Crippen molar-refractivity contribution in [2.45, 2.75) is 52.6 Å². The van der Waals surface area contributed by atoms with E-state index in [-0.39, 0.29) is 11.8 Å². The van der Waals surface area contributed by atoms with Crippen LogP contribution in [0.25, 0.3) is 11.3 Å². The second-order valence-corrected chi connectivity index (χ2v) is 10.9. The number of nitrogens with one attached hydrogen (secondary N) is 2. The predicted octanol–water partition coefficient (Wildman–Crippen LogP) is 4.92. The third-order valence-electron chi connectivity index (χ3n) is 7.75. The number of aryl methyl sites for hydroxylation is 2. The van der Waals surface area contributed by atoms with Crippen molar-refractivity contribution < 1.29 is 4.79 Å². The fraction of sp³-hybridized carbons (Fsp3) is 0.452.